The van der Waals surface area contributed by atoms with Crippen LogP contribution in [0.5, 0.6) is 0 Å². The Morgan fingerprint density at radius 2 is 2.00 bits per heavy atom. The molecule has 0 aliphatic carbocycles. The molecule has 0 fully saturated rings. The average Bonchev–Trinajstić information content (AvgIpc) is 2.33. The molecule has 4 nitrogen and oxygen atoms in total. The van der Waals surface area contributed by atoms with Crippen LogP contribution in [0.15, 0.2) is 18.2 Å². The van der Waals surface area contributed by atoms with Gasteiger partial charge in [-0.05, 0) is 30.5 Å². The van der Waals surface area contributed by atoms with Crippen molar-refractivity contribution in [2.75, 3.05) is 16.8 Å². The lowest BCUT2D eigenvalue weighted by Crippen LogP contribution is -2.27. The third-order valence-corrected chi connectivity index (χ3v) is 5.20. The molecule has 0 saturated heterocycles. The van der Waals surface area contributed by atoms with Crippen LogP contribution < -0.4 is 11.1 Å². The van der Waals surface area contributed by atoms with Crippen molar-refractivity contribution in [3.05, 3.63) is 23.8 Å². The fraction of sp³-hybridized carbons (Fsp3) is 0.500. The molecule has 2 unspecified atom stereocenters. The summed E-state index contributed by atoms with van der Waals surface area (Å²) in [5.41, 5.74) is 7.92. The van der Waals surface area contributed by atoms with E-state index >= 15 is 0 Å². The van der Waals surface area contributed by atoms with Gasteiger partial charge in [-0.3, -0.25) is 9.00 Å². The lowest BCUT2D eigenvalue weighted by atomic mass is 10.1. The van der Waals surface area contributed by atoms with E-state index in [1.807, 2.05) is 27.7 Å². The molecule has 0 heterocycles. The molecule has 0 aliphatic rings. The van der Waals surface area contributed by atoms with Gasteiger partial charge in [0.15, 0.2) is 0 Å². The molecule has 19 heavy (non-hydrogen) atoms. The third kappa shape index (κ3) is 4.35. The lowest BCUT2D eigenvalue weighted by molar-refractivity contribution is -0.113. The zero-order valence-corrected chi connectivity index (χ0v) is 12.7. The summed E-state index contributed by atoms with van der Waals surface area (Å²) in [6.45, 7) is 7.75. The first-order valence-corrected chi connectivity index (χ1v) is 7.73. The summed E-state index contributed by atoms with van der Waals surface area (Å²) in [5.74, 6) is 0.0791. The molecule has 0 aliphatic heterocycles. The molecule has 106 valence electrons. The highest BCUT2D eigenvalue weighted by Gasteiger charge is 2.18. The smallest absolute Gasteiger partial charge is 0.237 e. The Balaban J connectivity index is 2.66. The van der Waals surface area contributed by atoms with Crippen LogP contribution in [0.3, 0.4) is 0 Å². The first-order valence-electron chi connectivity index (χ1n) is 6.35. The molecule has 1 rings (SSSR count). The number of nitrogen functional groups attached to an aromatic ring is 1. The quantitative estimate of drug-likeness (QED) is 0.814. The highest BCUT2D eigenvalue weighted by molar-refractivity contribution is 7.86. The van der Waals surface area contributed by atoms with Gasteiger partial charge < -0.3 is 11.1 Å². The molecule has 3 N–H and O–H groups in total. The summed E-state index contributed by atoms with van der Waals surface area (Å²) in [5, 5.41) is 2.77. The molecule has 0 saturated carbocycles. The van der Waals surface area contributed by atoms with E-state index < -0.39 is 10.8 Å². The second-order valence-corrected chi connectivity index (χ2v) is 6.84. The third-order valence-electron chi connectivity index (χ3n) is 3.28. The lowest BCUT2D eigenvalue weighted by Gasteiger charge is -2.15. The van der Waals surface area contributed by atoms with E-state index in [2.05, 4.69) is 5.32 Å². The summed E-state index contributed by atoms with van der Waals surface area (Å²) in [4.78, 5) is 11.9. The summed E-state index contributed by atoms with van der Waals surface area (Å²) >= 11 is 0. The number of anilines is 2. The van der Waals surface area contributed by atoms with Crippen molar-refractivity contribution in [1.29, 1.82) is 0 Å². The van der Waals surface area contributed by atoms with Crippen molar-refractivity contribution >= 4 is 28.1 Å². The van der Waals surface area contributed by atoms with E-state index in [-0.39, 0.29) is 16.9 Å². The molecule has 0 radical (unpaired) electrons. The highest BCUT2D eigenvalue weighted by Crippen LogP contribution is 2.20. The van der Waals surface area contributed by atoms with Gasteiger partial charge in [0.25, 0.3) is 0 Å². The van der Waals surface area contributed by atoms with Gasteiger partial charge >= 0.3 is 0 Å². The van der Waals surface area contributed by atoms with Crippen LogP contribution in [0.25, 0.3) is 0 Å². The minimum atomic E-state index is -1.15. The number of benzene rings is 1. The second kappa shape index (κ2) is 6.70. The van der Waals surface area contributed by atoms with Crippen LogP contribution >= 0.6 is 0 Å². The molecular weight excluding hydrogens is 260 g/mol. The summed E-state index contributed by atoms with van der Waals surface area (Å²) < 4.78 is 12.0. The van der Waals surface area contributed by atoms with Crippen molar-refractivity contribution in [3.63, 3.8) is 0 Å². The fourth-order valence-corrected chi connectivity index (χ4v) is 2.74. The van der Waals surface area contributed by atoms with E-state index in [9.17, 15) is 9.00 Å². The Morgan fingerprint density at radius 1 is 1.37 bits per heavy atom. The number of nitrogens with one attached hydrogen (secondary N) is 1. The minimum Gasteiger partial charge on any atom is -0.398 e. The van der Waals surface area contributed by atoms with Crippen LogP contribution in [0.4, 0.5) is 11.4 Å². The van der Waals surface area contributed by atoms with E-state index in [1.165, 1.54) is 0 Å². The maximum absolute atomic E-state index is 12.0. The number of carbonyl (C=O) groups excluding carboxylic acids is 1. The maximum atomic E-state index is 12.0. The SMILES string of the molecule is Cc1c(N)cccc1NC(=O)CS(=O)C(C)C(C)C. The molecule has 1 aromatic rings. The standard InChI is InChI=1S/C14H22N2O2S/c1-9(2)11(4)19(18)8-14(17)16-13-7-5-6-12(15)10(13)3/h5-7,9,11H,8,15H2,1-4H3,(H,16,17). The Bertz CT molecular complexity index is 486. The van der Waals surface area contributed by atoms with Gasteiger partial charge in [-0.15, -0.1) is 0 Å². The zero-order valence-electron chi connectivity index (χ0n) is 11.9. The molecule has 1 amide bonds. The predicted molar refractivity (Wildman–Crippen MR) is 81.5 cm³/mol. The number of carbonyl (C=O) groups is 1. The zero-order chi connectivity index (χ0) is 14.6. The number of rotatable bonds is 5. The minimum absolute atomic E-state index is 0.00712. The molecule has 2 atom stereocenters. The van der Waals surface area contributed by atoms with Crippen molar-refractivity contribution in [2.24, 2.45) is 5.92 Å². The Morgan fingerprint density at radius 3 is 2.58 bits per heavy atom. The van der Waals surface area contributed by atoms with Gasteiger partial charge in [-0.1, -0.05) is 26.8 Å². The number of hydrogen-bond donors (Lipinski definition) is 2. The van der Waals surface area contributed by atoms with E-state index in [0.29, 0.717) is 17.3 Å². The van der Waals surface area contributed by atoms with E-state index in [1.54, 1.807) is 18.2 Å². The number of amides is 1. The maximum Gasteiger partial charge on any atom is 0.237 e. The number of hydrogen-bond acceptors (Lipinski definition) is 3. The molecule has 1 aromatic carbocycles. The van der Waals surface area contributed by atoms with Gasteiger partial charge in [0.1, 0.15) is 5.75 Å². The highest BCUT2D eigenvalue weighted by atomic mass is 32.2. The Hall–Kier alpha value is -1.36. The van der Waals surface area contributed by atoms with Crippen molar-refractivity contribution < 1.29 is 9.00 Å². The Labute approximate surface area is 117 Å². The molecular formula is C14H22N2O2S. The summed E-state index contributed by atoms with van der Waals surface area (Å²) in [6.07, 6.45) is 0. The average molecular weight is 282 g/mol. The monoisotopic (exact) mass is 282 g/mol. The van der Waals surface area contributed by atoms with Gasteiger partial charge in [-0.2, -0.15) is 0 Å². The van der Waals surface area contributed by atoms with Gasteiger partial charge in [0, 0.05) is 27.4 Å². The second-order valence-electron chi connectivity index (χ2n) is 5.04. The van der Waals surface area contributed by atoms with Crippen molar-refractivity contribution in [3.8, 4) is 0 Å². The molecule has 0 bridgehead atoms. The van der Waals surface area contributed by atoms with Crippen LogP contribution in [0.2, 0.25) is 0 Å². The number of nitrogens with two attached hydrogens (primary N) is 1. The van der Waals surface area contributed by atoms with Gasteiger partial charge in [0.2, 0.25) is 5.91 Å². The van der Waals surface area contributed by atoms with Crippen LogP contribution in [0, 0.1) is 12.8 Å². The molecule has 0 aromatic heterocycles. The van der Waals surface area contributed by atoms with Crippen LogP contribution in [0.1, 0.15) is 26.3 Å². The normalized spacial score (nSPS) is 14.2. The van der Waals surface area contributed by atoms with Crippen LogP contribution in [-0.2, 0) is 15.6 Å². The van der Waals surface area contributed by atoms with Crippen molar-refractivity contribution in [2.45, 2.75) is 32.9 Å². The van der Waals surface area contributed by atoms with Crippen LogP contribution in [-0.4, -0.2) is 21.1 Å². The largest absolute Gasteiger partial charge is 0.398 e. The first-order chi connectivity index (χ1) is 8.82. The Kier molecular flexibility index (Phi) is 5.54. The van der Waals surface area contributed by atoms with E-state index in [4.69, 9.17) is 5.73 Å². The fourth-order valence-electron chi connectivity index (χ4n) is 1.54. The van der Waals surface area contributed by atoms with Crippen molar-refractivity contribution in [1.82, 2.24) is 0 Å². The molecule has 5 heteroatoms. The van der Waals surface area contributed by atoms with E-state index in [0.717, 1.165) is 5.56 Å². The summed E-state index contributed by atoms with van der Waals surface area (Å²) in [7, 11) is -1.15. The summed E-state index contributed by atoms with van der Waals surface area (Å²) in [6, 6.07) is 5.36. The topological polar surface area (TPSA) is 72.2 Å². The van der Waals surface area contributed by atoms with Gasteiger partial charge in [-0.25, -0.2) is 0 Å². The first kappa shape index (κ1) is 15.7. The predicted octanol–water partition coefficient (Wildman–Crippen LogP) is 2.31. The molecule has 0 spiro atoms. The van der Waals surface area contributed by atoms with Gasteiger partial charge in [0.05, 0.1) is 0 Å².